The number of ether oxygens (including phenoxy) is 1. The molecule has 0 N–H and O–H groups in total. The van der Waals surface area contributed by atoms with Crippen LogP contribution in [0.1, 0.15) is 134 Å². The van der Waals surface area contributed by atoms with Gasteiger partial charge in [-0.1, -0.05) is 182 Å². The maximum atomic E-state index is 9.95. The Kier molecular flexibility index (Phi) is 9.77. The van der Waals surface area contributed by atoms with Gasteiger partial charge in [0, 0.05) is 60.7 Å². The van der Waals surface area contributed by atoms with E-state index >= 15 is 0 Å². The second-order valence-electron chi connectivity index (χ2n) is 25.2. The standard InChI is InChI=1S/C69H75N4O/c1-45(2)34-47-24-20-29-62-64(47)73(65-56(46-22-16-15-17-23-46)26-21-27-57(65)48-35-50(67(6,7)8)37-51(36-48)68(9,10)11)43-72(62,44-73)53-38-52(69(12,13)14)39-55(41-53)74-54-30-31-59-58-25-18-19-28-60(58)71(61(59)42-54)63-40-49(32-33-70-63)66(3,4)5/h15-33,35-43,45H,34,44H2,1-14H3/q+1/t72-,73-/m1/s1/i15D,16D,17D,22D,23D,34D2. The summed E-state index contributed by atoms with van der Waals surface area (Å²) in [6.45, 7) is 33.0. The molecule has 1 saturated heterocycles. The zero-order valence-electron chi connectivity index (χ0n) is 52.8. The van der Waals surface area contributed by atoms with Gasteiger partial charge in [0.2, 0.25) is 0 Å². The van der Waals surface area contributed by atoms with Gasteiger partial charge in [-0.3, -0.25) is 13.5 Å². The van der Waals surface area contributed by atoms with Crippen LogP contribution in [0.25, 0.3) is 49.9 Å². The van der Waals surface area contributed by atoms with E-state index in [-0.39, 0.29) is 48.3 Å². The molecule has 0 aliphatic carbocycles. The summed E-state index contributed by atoms with van der Waals surface area (Å²) in [5.41, 5.74) is 11.9. The summed E-state index contributed by atoms with van der Waals surface area (Å²) in [4.78, 5) is 4.93. The zero-order valence-corrected chi connectivity index (χ0v) is 45.8. The molecule has 376 valence electrons. The van der Waals surface area contributed by atoms with Gasteiger partial charge in [0.05, 0.1) is 24.6 Å². The van der Waals surface area contributed by atoms with E-state index in [9.17, 15) is 5.48 Å². The average molecular weight is 983 g/mol. The molecule has 1 fully saturated rings. The first-order valence-corrected chi connectivity index (χ1v) is 26.3. The molecule has 3 aliphatic rings. The van der Waals surface area contributed by atoms with Gasteiger partial charge in [-0.25, -0.2) is 4.98 Å². The highest BCUT2D eigenvalue weighted by atomic mass is 16.5. The van der Waals surface area contributed by atoms with Crippen LogP contribution in [-0.2, 0) is 28.0 Å². The lowest BCUT2D eigenvalue weighted by Gasteiger charge is -2.57. The Hall–Kier alpha value is -6.79. The molecule has 2 atom stereocenters. The lowest BCUT2D eigenvalue weighted by atomic mass is 9.78. The van der Waals surface area contributed by atoms with Gasteiger partial charge in [-0.05, 0) is 116 Å². The largest absolute Gasteiger partial charge is 0.457 e. The van der Waals surface area contributed by atoms with E-state index in [0.29, 0.717) is 29.3 Å². The summed E-state index contributed by atoms with van der Waals surface area (Å²) in [5, 5.41) is 2.20. The second-order valence-corrected chi connectivity index (χ2v) is 25.2. The van der Waals surface area contributed by atoms with Crippen LogP contribution < -0.4 is 13.7 Å². The maximum absolute atomic E-state index is 9.95. The molecule has 74 heavy (non-hydrogen) atoms. The van der Waals surface area contributed by atoms with Crippen LogP contribution >= 0.6 is 0 Å². The summed E-state index contributed by atoms with van der Waals surface area (Å²) in [6.07, 6.45) is 0.0824. The molecular weight excluding hydrogens is 901 g/mol. The highest BCUT2D eigenvalue weighted by Crippen LogP contribution is 2.69. The predicted octanol–water partition coefficient (Wildman–Crippen LogP) is 19.1. The van der Waals surface area contributed by atoms with E-state index in [2.05, 4.69) is 191 Å². The van der Waals surface area contributed by atoms with Crippen molar-refractivity contribution in [1.29, 1.82) is 0 Å². The van der Waals surface area contributed by atoms with Crippen molar-refractivity contribution < 1.29 is 14.3 Å². The third-order valence-electron chi connectivity index (χ3n) is 15.2. The van der Waals surface area contributed by atoms with Crippen molar-refractivity contribution in [2.45, 2.75) is 125 Å². The molecule has 3 aliphatic heterocycles. The van der Waals surface area contributed by atoms with Crippen LogP contribution in [0.15, 0.2) is 164 Å². The highest BCUT2D eigenvalue weighted by Gasteiger charge is 2.65. The van der Waals surface area contributed by atoms with E-state index in [1.807, 2.05) is 50.4 Å². The molecular formula is C69H75N4O+. The van der Waals surface area contributed by atoms with Gasteiger partial charge in [0.25, 0.3) is 0 Å². The van der Waals surface area contributed by atoms with Gasteiger partial charge in [0.15, 0.2) is 18.0 Å². The fourth-order valence-electron chi connectivity index (χ4n) is 11.3. The molecule has 0 spiro atoms. The minimum atomic E-state index is -1.81. The fraction of sp³-hybridized carbons (Fsp3) is 0.304. The predicted molar refractivity (Wildman–Crippen MR) is 314 cm³/mol. The van der Waals surface area contributed by atoms with Crippen LogP contribution in [0.3, 0.4) is 0 Å². The van der Waals surface area contributed by atoms with Gasteiger partial charge >= 0.3 is 0 Å². The Bertz CT molecular complexity index is 3980. The van der Waals surface area contributed by atoms with E-state index < -0.39 is 30.4 Å². The van der Waals surface area contributed by atoms with Crippen LogP contribution in [0.5, 0.6) is 11.5 Å². The topological polar surface area (TPSA) is 27.1 Å². The maximum Gasteiger partial charge on any atom is 0.186 e. The molecule has 5 heterocycles. The minimum absolute atomic E-state index is 0.0393. The van der Waals surface area contributed by atoms with Crippen molar-refractivity contribution in [3.63, 3.8) is 0 Å². The van der Waals surface area contributed by atoms with Gasteiger partial charge in [0.1, 0.15) is 28.7 Å². The van der Waals surface area contributed by atoms with E-state index in [1.54, 1.807) is 0 Å². The Morgan fingerprint density at radius 3 is 1.86 bits per heavy atom. The molecule has 2 aromatic heterocycles. The number of quaternary nitrogens is 2. The van der Waals surface area contributed by atoms with Crippen molar-refractivity contribution >= 4 is 44.6 Å². The van der Waals surface area contributed by atoms with E-state index in [4.69, 9.17) is 13.8 Å². The fourth-order valence-corrected chi connectivity index (χ4v) is 11.3. The number of benzene rings is 7. The SMILES string of the molecule is [2H]c1c([2H])c([2H])c(-c2cccc(-c3cc(C(C)(C)C)cc(C(C)(C)C)c3)c2[N@+]23[CH-][N@+](c4cc(Oc5ccc6c7ccccc7n(-c7cc(C(C)(C)C)ccn7)c6c5)cc(C(C)(C)C)c4)(C2)c2cccc(C([2H])([2H])C(C)C)c23)c([2H])c1[2H]. The minimum Gasteiger partial charge on any atom is -0.457 e. The van der Waals surface area contributed by atoms with Crippen molar-refractivity contribution in [2.24, 2.45) is 5.92 Å². The molecule has 9 aromatic rings. The molecule has 2 bridgehead atoms. The molecule has 0 saturated carbocycles. The normalized spacial score (nSPS) is 19.3. The summed E-state index contributed by atoms with van der Waals surface area (Å²) >= 11 is 0. The summed E-state index contributed by atoms with van der Waals surface area (Å²) in [5.74, 6) is 1.72. The first kappa shape index (κ1) is 41.5. The Morgan fingerprint density at radius 2 is 1.20 bits per heavy atom. The van der Waals surface area contributed by atoms with Crippen molar-refractivity contribution in [3.8, 4) is 39.6 Å². The molecule has 5 heteroatoms. The summed E-state index contributed by atoms with van der Waals surface area (Å²) in [6, 6.07) is 42.3. The van der Waals surface area contributed by atoms with Crippen molar-refractivity contribution in [3.05, 3.63) is 198 Å². The average Bonchev–Trinajstić information content (AvgIpc) is 1.84. The van der Waals surface area contributed by atoms with Crippen LogP contribution in [0.2, 0.25) is 0 Å². The number of aromatic nitrogens is 2. The number of pyridine rings is 1. The second kappa shape index (κ2) is 17.4. The number of fused-ring (bicyclic) bond motifs is 3. The van der Waals surface area contributed by atoms with Crippen LogP contribution in [-0.4, -0.2) is 16.2 Å². The molecule has 7 aromatic carbocycles. The first-order valence-electron chi connectivity index (χ1n) is 29.8. The Balaban J connectivity index is 1.16. The Labute approximate surface area is 451 Å². The third kappa shape index (κ3) is 8.37. The molecule has 0 amide bonds. The number of para-hydroxylation sites is 3. The van der Waals surface area contributed by atoms with Gasteiger partial charge in [-0.15, -0.1) is 0 Å². The van der Waals surface area contributed by atoms with Crippen molar-refractivity contribution in [2.75, 3.05) is 6.67 Å². The molecule has 0 radical (unpaired) electrons. The number of nitrogens with zero attached hydrogens (tertiary/aromatic N) is 4. The van der Waals surface area contributed by atoms with Crippen LogP contribution in [0, 0.1) is 12.6 Å². The van der Waals surface area contributed by atoms with E-state index in [1.165, 1.54) is 5.56 Å². The summed E-state index contributed by atoms with van der Waals surface area (Å²) in [7, 11) is 0. The highest BCUT2D eigenvalue weighted by molar-refractivity contribution is 6.09. The smallest absolute Gasteiger partial charge is 0.186 e. The summed E-state index contributed by atoms with van der Waals surface area (Å²) < 4.78 is 75.2. The number of rotatable bonds is 9. The molecule has 0 unspecified atom stereocenters. The molecule has 12 rings (SSSR count). The van der Waals surface area contributed by atoms with Gasteiger partial charge in [-0.2, -0.15) is 0 Å². The Morgan fingerprint density at radius 1 is 0.581 bits per heavy atom. The monoisotopic (exact) mass is 983 g/mol. The quantitative estimate of drug-likeness (QED) is 0.106. The third-order valence-corrected chi connectivity index (χ3v) is 15.2. The lowest BCUT2D eigenvalue weighted by molar-refractivity contribution is 0.187. The van der Waals surface area contributed by atoms with E-state index in [0.717, 1.165) is 78.2 Å². The lowest BCUT2D eigenvalue weighted by Crippen LogP contribution is -2.67. The zero-order chi connectivity index (χ0) is 58.5. The number of hydrogen-bond donors (Lipinski definition) is 0. The molecule has 5 nitrogen and oxygen atoms in total. The van der Waals surface area contributed by atoms with Crippen molar-refractivity contribution in [1.82, 2.24) is 18.5 Å². The van der Waals surface area contributed by atoms with Crippen LogP contribution in [0.4, 0.5) is 22.7 Å². The number of hydrogen-bond acceptors (Lipinski definition) is 2. The first-order chi connectivity index (χ1) is 37.8. The van der Waals surface area contributed by atoms with Gasteiger partial charge < -0.3 is 4.74 Å².